The molecule has 0 radical (unpaired) electrons. The summed E-state index contributed by atoms with van der Waals surface area (Å²) in [6.45, 7) is 2.61. The van der Waals surface area contributed by atoms with Gasteiger partial charge in [0.05, 0.1) is 6.10 Å². The van der Waals surface area contributed by atoms with E-state index < -0.39 is 6.10 Å². The van der Waals surface area contributed by atoms with Crippen LogP contribution in [0.4, 0.5) is 0 Å². The van der Waals surface area contributed by atoms with E-state index in [-0.39, 0.29) is 17.5 Å². The van der Waals surface area contributed by atoms with Crippen LogP contribution >= 0.6 is 15.9 Å². The predicted molar refractivity (Wildman–Crippen MR) is 66.0 cm³/mol. The number of nitrogens with one attached hydrogen (secondary N) is 1. The van der Waals surface area contributed by atoms with E-state index in [0.29, 0.717) is 5.56 Å². The van der Waals surface area contributed by atoms with Crippen LogP contribution in [0.3, 0.4) is 0 Å². The maximum absolute atomic E-state index is 9.96. The van der Waals surface area contributed by atoms with Crippen LogP contribution in [0.2, 0.25) is 0 Å². The first-order chi connectivity index (χ1) is 7.56. The minimum atomic E-state index is -0.717. The molecule has 16 heavy (non-hydrogen) atoms. The van der Waals surface area contributed by atoms with Crippen LogP contribution in [0.15, 0.2) is 18.2 Å². The Morgan fingerprint density at radius 3 is 2.56 bits per heavy atom. The number of aliphatic hydroxyl groups is 1. The number of hydrogen-bond acceptors (Lipinski definition) is 4. The van der Waals surface area contributed by atoms with Crippen molar-refractivity contribution in [1.29, 1.82) is 0 Å². The molecule has 0 spiro atoms. The summed E-state index contributed by atoms with van der Waals surface area (Å²) < 4.78 is 0. The molecule has 4 nitrogen and oxygen atoms in total. The Labute approximate surface area is 103 Å². The molecule has 0 saturated heterocycles. The Morgan fingerprint density at radius 1 is 1.31 bits per heavy atom. The molecule has 1 rings (SSSR count). The van der Waals surface area contributed by atoms with E-state index in [2.05, 4.69) is 21.2 Å². The molecule has 0 bridgehead atoms. The summed E-state index contributed by atoms with van der Waals surface area (Å²) in [4.78, 5) is 0. The van der Waals surface area contributed by atoms with E-state index in [4.69, 9.17) is 5.11 Å². The van der Waals surface area contributed by atoms with Crippen LogP contribution < -0.4 is 5.32 Å². The number of benzene rings is 1. The van der Waals surface area contributed by atoms with Gasteiger partial charge in [0.1, 0.15) is 0 Å². The summed E-state index contributed by atoms with van der Waals surface area (Å²) in [7, 11) is 0. The molecule has 4 N–H and O–H groups in total. The third-order valence-corrected chi connectivity index (χ3v) is 2.77. The van der Waals surface area contributed by atoms with Gasteiger partial charge in [0.15, 0.2) is 11.5 Å². The number of hydrogen-bond donors (Lipinski definition) is 4. The monoisotopic (exact) mass is 286 g/mol. The number of aromatic hydroxyl groups is 2. The number of phenols is 2. The summed E-state index contributed by atoms with van der Waals surface area (Å²) in [5.41, 5.74) is 0.574. The van der Waals surface area contributed by atoms with Crippen LogP contribution in [-0.4, -0.2) is 33.2 Å². The molecule has 1 aromatic carbocycles. The van der Waals surface area contributed by atoms with Crippen molar-refractivity contribution in [3.05, 3.63) is 23.8 Å². The van der Waals surface area contributed by atoms with E-state index in [1.54, 1.807) is 6.07 Å². The number of phenolic OH excluding ortho intramolecular Hbond substituents is 2. The number of alkyl halides is 1. The topological polar surface area (TPSA) is 72.7 Å². The maximum atomic E-state index is 9.96. The van der Waals surface area contributed by atoms with E-state index in [1.807, 2.05) is 6.92 Å². The highest BCUT2D eigenvalue weighted by atomic mass is 75.9. The van der Waals surface area contributed by atoms with Crippen molar-refractivity contribution in [3.8, 4) is 11.5 Å². The Morgan fingerprint density at radius 2 is 2.00 bits per heavy atom. The summed E-state index contributed by atoms with van der Waals surface area (Å²) in [5, 5.41) is 32.4. The lowest BCUT2D eigenvalue weighted by atomic mass is 10.0. The summed E-state index contributed by atoms with van der Waals surface area (Å²) in [6.07, 6.45) is -0.717. The van der Waals surface area contributed by atoms with Crippen molar-refractivity contribution in [3.63, 3.8) is 0 Å². The highest BCUT2D eigenvalue weighted by Gasteiger charge is 2.16. The predicted octanol–water partition coefficient (Wildman–Crippen LogP) is 1.50. The first-order valence-corrected chi connectivity index (χ1v) is 6.17. The van der Waals surface area contributed by atoms with Gasteiger partial charge >= 0.3 is 0 Å². The van der Waals surface area contributed by atoms with E-state index in [1.165, 1.54) is 12.1 Å². The van der Waals surface area contributed by atoms with Crippen molar-refractivity contribution >= 4 is 15.9 Å². The van der Waals surface area contributed by atoms with Crippen molar-refractivity contribution in [2.24, 2.45) is 0 Å². The van der Waals surface area contributed by atoms with Gasteiger partial charge in [-0.25, -0.2) is 0 Å². The van der Waals surface area contributed by atoms with Crippen molar-refractivity contribution in [2.45, 2.75) is 19.1 Å². The second kappa shape index (κ2) is 6.08. The fraction of sp³-hybridized carbons (Fsp3) is 0.455. The normalized spacial score (nSPS) is 14.7. The molecule has 0 saturated carbocycles. The molecule has 5 heteroatoms. The average molecular weight is 286 g/mol. The van der Waals surface area contributed by atoms with E-state index in [0.717, 1.165) is 11.9 Å². The fourth-order valence-electron chi connectivity index (χ4n) is 1.41. The van der Waals surface area contributed by atoms with Gasteiger partial charge in [0, 0.05) is 17.9 Å². The molecule has 0 aliphatic carbocycles. The van der Waals surface area contributed by atoms with Gasteiger partial charge in [0.25, 0.3) is 0 Å². The third kappa shape index (κ3) is 3.37. The molecule has 0 fully saturated rings. The van der Waals surface area contributed by atoms with Gasteiger partial charge in [-0.05, 0) is 24.6 Å². The van der Waals surface area contributed by atoms with E-state index >= 15 is 0 Å². The lowest BCUT2D eigenvalue weighted by Gasteiger charge is -2.20. The van der Waals surface area contributed by atoms with Crippen LogP contribution in [-0.2, 0) is 0 Å². The van der Waals surface area contributed by atoms with Crippen LogP contribution in [0, 0.1) is 0 Å². The largest absolute Gasteiger partial charge is 0.504 e. The third-order valence-electron chi connectivity index (χ3n) is 2.38. The second-order valence-corrected chi connectivity index (χ2v) is 4.42. The molecule has 0 aliphatic rings. The first-order valence-electron chi connectivity index (χ1n) is 5.05. The molecule has 0 heterocycles. The van der Waals surface area contributed by atoms with Crippen LogP contribution in [0.1, 0.15) is 18.6 Å². The quantitative estimate of drug-likeness (QED) is 0.489. The molecular formula is C11H16BrNO3. The van der Waals surface area contributed by atoms with Crippen LogP contribution in [0.25, 0.3) is 0 Å². The second-order valence-electron chi connectivity index (χ2n) is 3.62. The van der Waals surface area contributed by atoms with Gasteiger partial charge in [-0.15, -0.1) is 0 Å². The molecule has 1 aromatic rings. The standard InChI is InChI=1S/C11H16BrNO3/c1-7(13-5-4-12)11(16)8-2-3-9(14)10(15)6-8/h2-3,6-7,11,13-16H,4-5H2,1H3/i12-4. The van der Waals surface area contributed by atoms with Gasteiger partial charge in [-0.2, -0.15) is 0 Å². The zero-order valence-corrected chi connectivity index (χ0v) is 10.6. The Bertz CT molecular complexity index is 346. The zero-order chi connectivity index (χ0) is 12.1. The minimum Gasteiger partial charge on any atom is -0.504 e. The SMILES string of the molecule is CC(NCC[76Br])C(O)c1ccc(O)c(O)c1. The Balaban J connectivity index is 2.71. The van der Waals surface area contributed by atoms with Crippen molar-refractivity contribution in [1.82, 2.24) is 5.32 Å². The van der Waals surface area contributed by atoms with Gasteiger partial charge < -0.3 is 20.6 Å². The molecule has 0 amide bonds. The first kappa shape index (κ1) is 13.3. The molecule has 0 aliphatic heterocycles. The minimum absolute atomic E-state index is 0.124. The fourth-order valence-corrected chi connectivity index (χ4v) is 1.64. The van der Waals surface area contributed by atoms with Gasteiger partial charge in [-0.1, -0.05) is 22.0 Å². The lowest BCUT2D eigenvalue weighted by molar-refractivity contribution is 0.137. The number of halogens is 1. The van der Waals surface area contributed by atoms with Gasteiger partial charge in [0.2, 0.25) is 0 Å². The highest BCUT2D eigenvalue weighted by molar-refractivity contribution is 9.09. The molecular weight excluding hydrogens is 270 g/mol. The van der Waals surface area contributed by atoms with Crippen molar-refractivity contribution < 1.29 is 15.3 Å². The Kier molecular flexibility index (Phi) is 5.05. The van der Waals surface area contributed by atoms with E-state index in [9.17, 15) is 10.2 Å². The molecule has 2 atom stereocenters. The molecule has 2 unspecified atom stereocenters. The smallest absolute Gasteiger partial charge is 0.157 e. The molecule has 90 valence electrons. The summed E-state index contributed by atoms with van der Waals surface area (Å²) >= 11 is 3.29. The lowest BCUT2D eigenvalue weighted by Crippen LogP contribution is -2.33. The van der Waals surface area contributed by atoms with Crippen molar-refractivity contribution in [2.75, 3.05) is 11.9 Å². The van der Waals surface area contributed by atoms with Gasteiger partial charge in [-0.3, -0.25) is 0 Å². The highest BCUT2D eigenvalue weighted by Crippen LogP contribution is 2.28. The number of aliphatic hydroxyl groups excluding tert-OH is 1. The average Bonchev–Trinajstić information content (AvgIpc) is 2.28. The summed E-state index contributed by atoms with van der Waals surface area (Å²) in [5.74, 6) is -0.402. The number of rotatable bonds is 5. The molecule has 0 aromatic heterocycles. The summed E-state index contributed by atoms with van der Waals surface area (Å²) in [6, 6.07) is 4.20. The maximum Gasteiger partial charge on any atom is 0.157 e. The zero-order valence-electron chi connectivity index (χ0n) is 9.02. The Hall–Kier alpha value is -0.780. The van der Waals surface area contributed by atoms with Crippen LogP contribution in [0.5, 0.6) is 11.5 Å².